The van der Waals surface area contributed by atoms with Crippen LogP contribution in [-0.2, 0) is 26.4 Å². The van der Waals surface area contributed by atoms with Crippen LogP contribution in [0.3, 0.4) is 0 Å². The summed E-state index contributed by atoms with van der Waals surface area (Å²) in [6.07, 6.45) is 0. The number of hydrogen-bond donors (Lipinski definition) is 4. The Kier molecular flexibility index (Phi) is 11.1. The second kappa shape index (κ2) is 14.3. The predicted octanol–water partition coefficient (Wildman–Crippen LogP) is 2.80. The van der Waals surface area contributed by atoms with E-state index in [0.29, 0.717) is 22.3 Å². The SMILES string of the molecule is CC1=C(C)/C(=N\N=c2/[n-]c(C#N)c(C#N)[nH]2)C(O)=C(C)C1=O.[C-]#[N+]c1[n-]/c(=N\N=C2/C(C)=C(C)C(=O)C(C)=C2O)[nH]c1[N+]#[C-].[Co+2]. The number of aromatic amines is 2. The first kappa shape index (κ1) is 34.9. The number of allylic oxidation sites excluding steroid dienone is 6. The van der Waals surface area contributed by atoms with Crippen molar-refractivity contribution in [2.45, 2.75) is 41.5 Å². The van der Waals surface area contributed by atoms with Crippen molar-refractivity contribution in [1.82, 2.24) is 19.9 Å². The Hall–Kier alpha value is -6.27. The van der Waals surface area contributed by atoms with E-state index in [1.54, 1.807) is 39.8 Å². The van der Waals surface area contributed by atoms with Crippen LogP contribution in [0.25, 0.3) is 9.69 Å². The van der Waals surface area contributed by atoms with E-state index in [4.69, 9.17) is 23.7 Å². The molecule has 0 aromatic carbocycles. The number of aromatic nitrogens is 4. The number of aliphatic hydroxyl groups is 2. The zero-order chi connectivity index (χ0) is 32.9. The number of H-pyrrole nitrogens is 2. The molecule has 227 valence electrons. The van der Waals surface area contributed by atoms with Crippen molar-refractivity contribution < 1.29 is 36.6 Å². The quantitative estimate of drug-likeness (QED) is 0.214. The van der Waals surface area contributed by atoms with Crippen molar-refractivity contribution in [3.63, 3.8) is 0 Å². The number of Topliss-reactive ketones (excluding diaryl/α,β-unsaturated/α-hetero) is 2. The molecule has 0 bridgehead atoms. The fraction of sp³-hybridized carbons (Fsp3) is 0.214. The Morgan fingerprint density at radius 3 is 1.51 bits per heavy atom. The van der Waals surface area contributed by atoms with Gasteiger partial charge in [0.15, 0.2) is 11.6 Å². The molecule has 1 radical (unpaired) electrons. The fourth-order valence-corrected chi connectivity index (χ4v) is 3.74. The van der Waals surface area contributed by atoms with Crippen LogP contribution >= 0.6 is 0 Å². The van der Waals surface area contributed by atoms with Crippen molar-refractivity contribution >= 4 is 34.6 Å². The fourth-order valence-electron chi connectivity index (χ4n) is 3.74. The second-order valence-electron chi connectivity index (χ2n) is 9.17. The summed E-state index contributed by atoms with van der Waals surface area (Å²) >= 11 is 0. The third-order valence-corrected chi connectivity index (χ3v) is 6.63. The van der Waals surface area contributed by atoms with E-state index < -0.39 is 0 Å². The van der Waals surface area contributed by atoms with Crippen LogP contribution < -0.4 is 21.2 Å². The Morgan fingerprint density at radius 1 is 0.689 bits per heavy atom. The number of nitrogens with zero attached hydrogens (tertiary/aromatic N) is 10. The predicted molar refractivity (Wildman–Crippen MR) is 154 cm³/mol. The Balaban J connectivity index is 0.000000307. The maximum atomic E-state index is 11.8. The van der Waals surface area contributed by atoms with Gasteiger partial charge in [-0.05, 0) is 52.7 Å². The van der Waals surface area contributed by atoms with Crippen LogP contribution in [-0.4, -0.2) is 43.2 Å². The number of rotatable bonds is 2. The molecule has 4 N–H and O–H groups in total. The zero-order valence-corrected chi connectivity index (χ0v) is 25.6. The van der Waals surface area contributed by atoms with Crippen LogP contribution in [0.5, 0.6) is 0 Å². The number of carbonyl (C=O) groups excluding carboxylic acids is 2. The van der Waals surface area contributed by atoms with Crippen LogP contribution in [0, 0.1) is 35.8 Å². The number of ketones is 2. The van der Waals surface area contributed by atoms with Gasteiger partial charge in [0.25, 0.3) is 0 Å². The number of aliphatic hydroxyl groups excluding tert-OH is 2. The van der Waals surface area contributed by atoms with Crippen molar-refractivity contribution in [3.05, 3.63) is 90.4 Å². The first-order valence-corrected chi connectivity index (χ1v) is 12.4. The summed E-state index contributed by atoms with van der Waals surface area (Å²) in [5.74, 6) is -1.08. The van der Waals surface area contributed by atoms with Gasteiger partial charge in [-0.2, -0.15) is 10.5 Å². The van der Waals surface area contributed by atoms with Gasteiger partial charge in [-0.3, -0.25) is 24.7 Å². The topological polar surface area (TPSA) is 240 Å². The molecule has 2 aromatic heterocycles. The monoisotopic (exact) mass is 649 g/mol. The zero-order valence-electron chi connectivity index (χ0n) is 24.5. The normalized spacial score (nSPS) is 17.6. The molecule has 2 heterocycles. The van der Waals surface area contributed by atoms with Crippen LogP contribution in [0.2, 0.25) is 0 Å². The van der Waals surface area contributed by atoms with E-state index in [-0.39, 0.29) is 96.7 Å². The van der Waals surface area contributed by atoms with Crippen LogP contribution in [0.4, 0.5) is 11.6 Å². The van der Waals surface area contributed by atoms with Crippen LogP contribution in [0.15, 0.2) is 65.4 Å². The molecule has 17 heteroatoms. The molecule has 0 saturated heterocycles. The van der Waals surface area contributed by atoms with Crippen molar-refractivity contribution in [2.75, 3.05) is 0 Å². The van der Waals surface area contributed by atoms with E-state index in [0.717, 1.165) is 0 Å². The first-order valence-electron chi connectivity index (χ1n) is 12.4. The molecule has 0 amide bonds. The minimum Gasteiger partial charge on any atom is -0.560 e. The molecule has 0 aliphatic heterocycles. The van der Waals surface area contributed by atoms with Gasteiger partial charge < -0.3 is 29.9 Å². The van der Waals surface area contributed by atoms with Crippen LogP contribution in [0.1, 0.15) is 52.9 Å². The molecule has 0 fully saturated rings. The van der Waals surface area contributed by atoms with Crippen molar-refractivity contribution in [1.29, 1.82) is 10.5 Å². The Labute approximate surface area is 265 Å². The Morgan fingerprint density at radius 2 is 1.16 bits per heavy atom. The summed E-state index contributed by atoms with van der Waals surface area (Å²) in [4.78, 5) is 42.6. The number of imidazole rings is 2. The van der Waals surface area contributed by atoms with Gasteiger partial charge in [0, 0.05) is 27.9 Å². The average Bonchev–Trinajstić information content (AvgIpc) is 3.64. The molecular weight excluding hydrogens is 627 g/mol. The summed E-state index contributed by atoms with van der Waals surface area (Å²) in [6.45, 7) is 23.4. The average molecular weight is 649 g/mol. The molecule has 0 unspecified atom stereocenters. The van der Waals surface area contributed by atoms with E-state index in [1.807, 2.05) is 0 Å². The molecule has 45 heavy (non-hydrogen) atoms. The molecule has 0 saturated carbocycles. The second-order valence-corrected chi connectivity index (χ2v) is 9.17. The van der Waals surface area contributed by atoms with E-state index in [1.165, 1.54) is 13.8 Å². The molecule has 4 rings (SSSR count). The van der Waals surface area contributed by atoms with Gasteiger partial charge in [0.1, 0.15) is 35.1 Å². The Bertz CT molecular complexity index is 1850. The maximum absolute atomic E-state index is 11.8. The molecule has 2 aliphatic rings. The molecule has 2 aliphatic carbocycles. The molecule has 0 atom stereocenters. The third kappa shape index (κ3) is 6.87. The van der Waals surface area contributed by atoms with Gasteiger partial charge in [0.2, 0.25) is 5.82 Å². The smallest absolute Gasteiger partial charge is 0.560 e. The maximum Gasteiger partial charge on any atom is 2.00 e. The van der Waals surface area contributed by atoms with E-state index >= 15 is 0 Å². The number of nitrogens with one attached hydrogen (secondary N) is 2. The summed E-state index contributed by atoms with van der Waals surface area (Å²) in [5, 5.41) is 53.0. The summed E-state index contributed by atoms with van der Waals surface area (Å²) < 4.78 is 0. The van der Waals surface area contributed by atoms with Gasteiger partial charge in [-0.1, -0.05) is 11.7 Å². The van der Waals surface area contributed by atoms with Gasteiger partial charge in [-0.25, -0.2) is 11.7 Å². The van der Waals surface area contributed by atoms with Gasteiger partial charge >= 0.3 is 22.4 Å². The van der Waals surface area contributed by atoms with Crippen molar-refractivity contribution in [2.24, 2.45) is 20.4 Å². The number of nitriles is 2. The molecular formula is C28H22CoN12O4. The van der Waals surface area contributed by atoms with Gasteiger partial charge in [-0.15, -0.1) is 5.10 Å². The third-order valence-electron chi connectivity index (χ3n) is 6.63. The minimum atomic E-state index is -0.246. The number of carbonyl (C=O) groups is 2. The molecule has 0 spiro atoms. The first-order chi connectivity index (χ1) is 20.8. The summed E-state index contributed by atoms with van der Waals surface area (Å²) in [7, 11) is 0. The molecule has 2 aromatic rings. The summed E-state index contributed by atoms with van der Waals surface area (Å²) in [6, 6.07) is 3.54. The van der Waals surface area contributed by atoms with E-state index in [2.05, 4.69) is 50.0 Å². The largest absolute Gasteiger partial charge is 2.00 e. The summed E-state index contributed by atoms with van der Waals surface area (Å²) in [5.41, 5.74) is 2.52. The minimum absolute atomic E-state index is 0. The standard InChI is InChI=1S/2C14H12N6O2.Co/c1-6-7(2)10(21)8(3)11(22)9(6)19-20-14-17-12(15-4)13(16-5)18-14;1-6-7(2)12(21)8(3)13(22)11(6)19-20-14-17-9(4-15)10(5-16)18-14;/h2*1-3H3,(H3,17,18,19,20,21,22);/q;;+2/p-2. The molecule has 16 nitrogen and oxygen atoms in total. The van der Waals surface area contributed by atoms with Gasteiger partial charge in [0.05, 0.1) is 17.2 Å². The van der Waals surface area contributed by atoms with E-state index in [9.17, 15) is 19.8 Å². The van der Waals surface area contributed by atoms with Crippen molar-refractivity contribution in [3.8, 4) is 12.1 Å². The number of hydrogen-bond acceptors (Lipinski definition) is 10.